The fourth-order valence-electron chi connectivity index (χ4n) is 6.03. The monoisotopic (exact) mass is 692 g/mol. The first-order chi connectivity index (χ1) is 20.6. The molecule has 0 unspecified atom stereocenters. The molecule has 14 heteroatoms. The van der Waals surface area contributed by atoms with Crippen LogP contribution in [-0.4, -0.2) is 87.8 Å². The van der Waals surface area contributed by atoms with Crippen molar-refractivity contribution in [1.29, 1.82) is 0 Å². The zero-order valence-electron chi connectivity index (χ0n) is 26.1. The number of aromatic nitrogens is 2. The highest BCUT2D eigenvalue weighted by atomic mass is 32.2. The van der Waals surface area contributed by atoms with Crippen LogP contribution in [0.4, 0.5) is 0 Å². The second kappa shape index (κ2) is 15.5. The quantitative estimate of drug-likeness (QED) is 0.314. The van der Waals surface area contributed by atoms with Crippen molar-refractivity contribution in [3.8, 4) is 0 Å². The van der Waals surface area contributed by atoms with E-state index < -0.39 is 20.0 Å². The summed E-state index contributed by atoms with van der Waals surface area (Å²) in [5, 5.41) is 9.63. The van der Waals surface area contributed by atoms with Crippen LogP contribution in [0.1, 0.15) is 30.4 Å². The number of rotatable bonds is 6. The smallest absolute Gasteiger partial charge is 0.243 e. The summed E-state index contributed by atoms with van der Waals surface area (Å²) < 4.78 is 55.2. The van der Waals surface area contributed by atoms with Crippen LogP contribution < -0.4 is 10.6 Å². The molecule has 4 heterocycles. The molecule has 0 amide bonds. The van der Waals surface area contributed by atoms with E-state index >= 15 is 0 Å². The van der Waals surface area contributed by atoms with Crippen molar-refractivity contribution in [2.45, 2.75) is 55.0 Å². The number of piperidine rings is 1. The summed E-state index contributed by atoms with van der Waals surface area (Å²) in [6.45, 7) is 6.00. The summed E-state index contributed by atoms with van der Waals surface area (Å²) in [4.78, 5) is 9.07. The van der Waals surface area contributed by atoms with E-state index in [-0.39, 0.29) is 39.1 Å². The molecule has 2 saturated heterocycles. The van der Waals surface area contributed by atoms with Gasteiger partial charge in [0.1, 0.15) is 0 Å². The third kappa shape index (κ3) is 7.65. The molecule has 2 aliphatic heterocycles. The van der Waals surface area contributed by atoms with Crippen molar-refractivity contribution in [2.75, 3.05) is 40.3 Å². The molecule has 0 aliphatic carbocycles. The van der Waals surface area contributed by atoms with Gasteiger partial charge in [0, 0.05) is 84.6 Å². The van der Waals surface area contributed by atoms with Crippen LogP contribution in [0.5, 0.6) is 0 Å². The van der Waals surface area contributed by atoms with Crippen LogP contribution in [0.25, 0.3) is 21.5 Å². The van der Waals surface area contributed by atoms with Gasteiger partial charge in [-0.25, -0.2) is 16.8 Å². The van der Waals surface area contributed by atoms with Gasteiger partial charge in [-0.1, -0.05) is 24.3 Å². The molecule has 6 rings (SSSR count). The molecule has 2 aromatic heterocycles. The molecule has 2 atom stereocenters. The van der Waals surface area contributed by atoms with Crippen LogP contribution in [-0.2, 0) is 20.0 Å². The third-order valence-electron chi connectivity index (χ3n) is 8.46. The number of fused-ring (bicyclic) bond motifs is 2. The number of hydrogen-bond acceptors (Lipinski definition) is 8. The average Bonchev–Trinajstić information content (AvgIpc) is 3.52. The maximum atomic E-state index is 13.1. The number of aryl methyl sites for hydroxylation is 2. The van der Waals surface area contributed by atoms with E-state index in [2.05, 4.69) is 20.6 Å². The van der Waals surface area contributed by atoms with Gasteiger partial charge in [0.2, 0.25) is 20.0 Å². The van der Waals surface area contributed by atoms with Crippen LogP contribution >= 0.6 is 27.0 Å². The maximum absolute atomic E-state index is 13.1. The predicted molar refractivity (Wildman–Crippen MR) is 191 cm³/mol. The minimum absolute atomic E-state index is 0. The normalized spacial score (nSPS) is 19.4. The summed E-state index contributed by atoms with van der Waals surface area (Å²) in [6.07, 6.45) is 9.60. The second-order valence-electron chi connectivity index (χ2n) is 11.2. The van der Waals surface area contributed by atoms with Crippen LogP contribution in [0.15, 0.2) is 71.0 Å². The summed E-state index contributed by atoms with van der Waals surface area (Å²) >= 11 is 0. The van der Waals surface area contributed by atoms with Gasteiger partial charge in [-0.05, 0) is 70.5 Å². The fraction of sp³-hybridized carbons (Fsp3) is 0.419. The molecule has 2 aliphatic rings. The Kier molecular flexibility index (Phi) is 12.8. The Balaban J connectivity index is 0.000000235. The molecular formula is C31H44N6O4S4. The number of hydrogen-bond donors (Lipinski definition) is 2. The summed E-state index contributed by atoms with van der Waals surface area (Å²) in [6, 6.07) is 11.2. The number of sulfonamides is 2. The Morgan fingerprint density at radius 2 is 1.11 bits per heavy atom. The molecule has 0 saturated carbocycles. The van der Waals surface area contributed by atoms with Gasteiger partial charge in [0.15, 0.2) is 0 Å². The minimum Gasteiger partial charge on any atom is -0.316 e. The number of nitrogens with zero attached hydrogens (tertiary/aromatic N) is 4. The molecule has 45 heavy (non-hydrogen) atoms. The Labute approximate surface area is 281 Å². The number of likely N-dealkylation sites (N-methyl/N-ethyl adjacent to an activating group) is 2. The van der Waals surface area contributed by atoms with E-state index in [4.69, 9.17) is 0 Å². The van der Waals surface area contributed by atoms with Crippen molar-refractivity contribution in [2.24, 2.45) is 0 Å². The Morgan fingerprint density at radius 1 is 0.667 bits per heavy atom. The lowest BCUT2D eigenvalue weighted by Gasteiger charge is -2.32. The molecule has 0 spiro atoms. The second-order valence-corrected chi connectivity index (χ2v) is 15.1. The summed E-state index contributed by atoms with van der Waals surface area (Å²) in [5.74, 6) is 0. The van der Waals surface area contributed by atoms with Crippen LogP contribution in [0.2, 0.25) is 0 Å². The van der Waals surface area contributed by atoms with E-state index in [1.807, 2.05) is 40.1 Å². The van der Waals surface area contributed by atoms with Gasteiger partial charge in [-0.3, -0.25) is 9.97 Å². The third-order valence-corrected chi connectivity index (χ3v) is 12.3. The summed E-state index contributed by atoms with van der Waals surface area (Å²) in [5.41, 5.74) is 1.77. The van der Waals surface area contributed by atoms with Crippen LogP contribution in [0.3, 0.4) is 0 Å². The number of nitrogens with one attached hydrogen (secondary N) is 2. The van der Waals surface area contributed by atoms with E-state index in [9.17, 15) is 16.8 Å². The topological polar surface area (TPSA) is 125 Å². The van der Waals surface area contributed by atoms with E-state index in [0.29, 0.717) is 36.0 Å². The highest BCUT2D eigenvalue weighted by molar-refractivity contribution is 7.89. The van der Waals surface area contributed by atoms with Crippen molar-refractivity contribution in [1.82, 2.24) is 29.2 Å². The zero-order chi connectivity index (χ0) is 30.8. The SMILES string of the molecule is CN[C@H]1CCCN(S(=O)(=O)c2cccc3cncc(C)c23)C1.CN[C@H]1CCN(S(=O)(=O)c2cccc3cncc(C)c23)C1.S.S. The zero-order valence-corrected chi connectivity index (χ0v) is 29.7. The molecule has 4 aromatic rings. The van der Waals surface area contributed by atoms with Gasteiger partial charge >= 0.3 is 0 Å². The van der Waals surface area contributed by atoms with Crippen molar-refractivity contribution in [3.63, 3.8) is 0 Å². The van der Waals surface area contributed by atoms with Gasteiger partial charge in [-0.2, -0.15) is 35.6 Å². The van der Waals surface area contributed by atoms with Crippen molar-refractivity contribution < 1.29 is 16.8 Å². The highest BCUT2D eigenvalue weighted by Gasteiger charge is 2.33. The molecule has 10 nitrogen and oxygen atoms in total. The maximum Gasteiger partial charge on any atom is 0.243 e. The van der Waals surface area contributed by atoms with Crippen molar-refractivity contribution >= 4 is 68.6 Å². The largest absolute Gasteiger partial charge is 0.316 e. The first kappa shape index (κ1) is 37.2. The Morgan fingerprint density at radius 3 is 1.56 bits per heavy atom. The van der Waals surface area contributed by atoms with Gasteiger partial charge < -0.3 is 10.6 Å². The van der Waals surface area contributed by atoms with Gasteiger partial charge in [0.05, 0.1) is 9.79 Å². The molecule has 0 radical (unpaired) electrons. The molecule has 246 valence electrons. The lowest BCUT2D eigenvalue weighted by molar-refractivity contribution is 0.293. The summed E-state index contributed by atoms with van der Waals surface area (Å²) in [7, 11) is -3.20. The van der Waals surface area contributed by atoms with Gasteiger partial charge in [0.25, 0.3) is 0 Å². The molecular weight excluding hydrogens is 649 g/mol. The van der Waals surface area contributed by atoms with Crippen molar-refractivity contribution in [3.05, 3.63) is 72.3 Å². The first-order valence-electron chi connectivity index (χ1n) is 14.6. The lowest BCUT2D eigenvalue weighted by Crippen LogP contribution is -2.46. The van der Waals surface area contributed by atoms with E-state index in [1.165, 1.54) is 0 Å². The Hall–Kier alpha value is -2.30. The molecule has 2 N–H and O–H groups in total. The fourth-order valence-corrected chi connectivity index (χ4v) is 9.63. The Bertz CT molecular complexity index is 1830. The molecule has 2 aromatic carbocycles. The first-order valence-corrected chi connectivity index (χ1v) is 17.5. The molecule has 2 fully saturated rings. The number of benzene rings is 2. The molecule has 0 bridgehead atoms. The predicted octanol–water partition coefficient (Wildman–Crippen LogP) is 3.67. The van der Waals surface area contributed by atoms with E-state index in [1.54, 1.807) is 57.7 Å². The number of pyridine rings is 2. The van der Waals surface area contributed by atoms with Gasteiger partial charge in [-0.15, -0.1) is 0 Å². The van der Waals surface area contributed by atoms with E-state index in [0.717, 1.165) is 51.9 Å². The lowest BCUT2D eigenvalue weighted by atomic mass is 10.1. The van der Waals surface area contributed by atoms with Crippen LogP contribution in [0, 0.1) is 13.8 Å². The highest BCUT2D eigenvalue weighted by Crippen LogP contribution is 2.31. The minimum atomic E-state index is -3.49. The average molecular weight is 693 g/mol. The standard InChI is InChI=1S/C16H21N3O2S.C15H19N3O2S.2H2S/c1-12-9-18-10-13-5-3-7-15(16(12)13)22(20,21)19-8-4-6-14(11-19)17-2;1-11-8-17-9-12-4-3-5-14(15(11)12)21(19,20)18-7-6-13(10-18)16-2;;/h3,5,7,9-10,14,17H,4,6,8,11H2,1-2H3;3-5,8-9,13,16H,6-7,10H2,1-2H3;2*1H2/t14-;13-;;/m00../s1.